The molecule has 0 aromatic rings. The van der Waals surface area contributed by atoms with Crippen LogP contribution in [-0.2, 0) is 0 Å². The molecule has 1 heterocycles. The van der Waals surface area contributed by atoms with Crippen molar-refractivity contribution >= 4 is 5.71 Å². The summed E-state index contributed by atoms with van der Waals surface area (Å²) in [7, 11) is 2.16. The van der Waals surface area contributed by atoms with Gasteiger partial charge in [-0.15, -0.1) is 0 Å². The van der Waals surface area contributed by atoms with Gasteiger partial charge >= 0.3 is 0 Å². The number of hydrogen-bond acceptors (Lipinski definition) is 3. The monoisotopic (exact) mass is 195 g/mol. The summed E-state index contributed by atoms with van der Waals surface area (Å²) in [6, 6.07) is 0. The van der Waals surface area contributed by atoms with Crippen LogP contribution >= 0.6 is 0 Å². The van der Waals surface area contributed by atoms with E-state index >= 15 is 0 Å². The Kier molecular flexibility index (Phi) is 4.14. The van der Waals surface area contributed by atoms with Gasteiger partial charge in [0.15, 0.2) is 0 Å². The Bertz CT molecular complexity index is 225. The average Bonchev–Trinajstić information content (AvgIpc) is 2.18. The summed E-state index contributed by atoms with van der Waals surface area (Å²) in [6.07, 6.45) is 2.82. The van der Waals surface area contributed by atoms with Gasteiger partial charge in [0.2, 0.25) is 0 Å². The van der Waals surface area contributed by atoms with Crippen molar-refractivity contribution in [3.8, 4) is 0 Å². The van der Waals surface area contributed by atoms with Gasteiger partial charge in [-0.2, -0.15) is 0 Å². The molecule has 0 radical (unpaired) electrons. The number of nitrogens with one attached hydrogen (secondary N) is 1. The van der Waals surface area contributed by atoms with Crippen LogP contribution in [0.5, 0.6) is 0 Å². The van der Waals surface area contributed by atoms with E-state index in [0.29, 0.717) is 0 Å². The van der Waals surface area contributed by atoms with E-state index in [1.165, 1.54) is 5.70 Å². The van der Waals surface area contributed by atoms with Gasteiger partial charge in [0, 0.05) is 37.6 Å². The molecule has 1 N–H and O–H groups in total. The van der Waals surface area contributed by atoms with E-state index in [0.717, 1.165) is 38.3 Å². The Hall–Kier alpha value is -0.830. The Morgan fingerprint density at radius 2 is 1.86 bits per heavy atom. The lowest BCUT2D eigenvalue weighted by atomic mass is 10.2. The summed E-state index contributed by atoms with van der Waals surface area (Å²) in [5.41, 5.74) is 1.96. The summed E-state index contributed by atoms with van der Waals surface area (Å²) >= 11 is 0. The van der Waals surface area contributed by atoms with Gasteiger partial charge in [0.1, 0.15) is 0 Å². The van der Waals surface area contributed by atoms with Crippen LogP contribution in [0.25, 0.3) is 0 Å². The first-order chi connectivity index (χ1) is 6.63. The standard InChI is InChI=1S/C11H21N3/c1-4-11(12)9-10(2)14-7-5-13(3)6-8-14/h9,12H,4-8H2,1-3H3/b10-9+,12-11?. The first-order valence-corrected chi connectivity index (χ1v) is 5.32. The number of nitrogens with zero attached hydrogens (tertiary/aromatic N) is 2. The maximum Gasteiger partial charge on any atom is 0.0328 e. The lowest BCUT2D eigenvalue weighted by molar-refractivity contribution is 0.187. The fraction of sp³-hybridized carbons (Fsp3) is 0.727. The van der Waals surface area contributed by atoms with Crippen molar-refractivity contribution in [2.45, 2.75) is 20.3 Å². The molecule has 3 heteroatoms. The normalized spacial score (nSPS) is 19.9. The van der Waals surface area contributed by atoms with Gasteiger partial charge in [-0.25, -0.2) is 0 Å². The SMILES string of the molecule is CCC(=N)/C=C(\C)N1CCN(C)CC1. The fourth-order valence-corrected chi connectivity index (χ4v) is 1.60. The summed E-state index contributed by atoms with van der Waals surface area (Å²) in [5.74, 6) is 0. The minimum absolute atomic E-state index is 0.724. The van der Waals surface area contributed by atoms with E-state index < -0.39 is 0 Å². The van der Waals surface area contributed by atoms with Crippen LogP contribution in [0.1, 0.15) is 20.3 Å². The highest BCUT2D eigenvalue weighted by Crippen LogP contribution is 2.08. The molecule has 1 aliphatic heterocycles. The summed E-state index contributed by atoms with van der Waals surface area (Å²) < 4.78 is 0. The summed E-state index contributed by atoms with van der Waals surface area (Å²) in [5, 5.41) is 7.61. The lowest BCUT2D eigenvalue weighted by Gasteiger charge is -2.34. The molecule has 14 heavy (non-hydrogen) atoms. The smallest absolute Gasteiger partial charge is 0.0328 e. The Morgan fingerprint density at radius 1 is 1.29 bits per heavy atom. The van der Waals surface area contributed by atoms with Crippen LogP contribution in [0.4, 0.5) is 0 Å². The highest BCUT2D eigenvalue weighted by molar-refractivity contribution is 5.92. The zero-order valence-electron chi connectivity index (χ0n) is 9.51. The van der Waals surface area contributed by atoms with Gasteiger partial charge in [-0.3, -0.25) is 0 Å². The molecule has 1 saturated heterocycles. The second kappa shape index (κ2) is 5.15. The zero-order valence-corrected chi connectivity index (χ0v) is 9.51. The zero-order chi connectivity index (χ0) is 10.6. The molecule has 0 aromatic heterocycles. The number of likely N-dealkylation sites (N-methyl/N-ethyl adjacent to an activating group) is 1. The minimum atomic E-state index is 0.724. The Morgan fingerprint density at radius 3 is 2.36 bits per heavy atom. The highest BCUT2D eigenvalue weighted by atomic mass is 15.2. The average molecular weight is 195 g/mol. The largest absolute Gasteiger partial charge is 0.372 e. The molecule has 1 fully saturated rings. The van der Waals surface area contributed by atoms with Crippen LogP contribution in [0.15, 0.2) is 11.8 Å². The van der Waals surface area contributed by atoms with E-state index in [2.05, 4.69) is 23.8 Å². The van der Waals surface area contributed by atoms with Gasteiger partial charge < -0.3 is 15.2 Å². The van der Waals surface area contributed by atoms with Crippen molar-refractivity contribution in [2.75, 3.05) is 33.2 Å². The van der Waals surface area contributed by atoms with Crippen molar-refractivity contribution in [2.24, 2.45) is 0 Å². The summed E-state index contributed by atoms with van der Waals surface area (Å²) in [6.45, 7) is 8.58. The number of allylic oxidation sites excluding steroid dienone is 2. The maximum atomic E-state index is 7.61. The van der Waals surface area contributed by atoms with Crippen molar-refractivity contribution in [1.29, 1.82) is 5.41 Å². The molecule has 0 bridgehead atoms. The third-order valence-electron chi connectivity index (χ3n) is 2.77. The number of piperazine rings is 1. The van der Waals surface area contributed by atoms with Crippen molar-refractivity contribution < 1.29 is 0 Å². The van der Waals surface area contributed by atoms with Crippen LogP contribution in [0, 0.1) is 5.41 Å². The maximum absolute atomic E-state index is 7.61. The number of hydrogen-bond donors (Lipinski definition) is 1. The molecule has 0 unspecified atom stereocenters. The molecule has 1 aliphatic rings. The first-order valence-electron chi connectivity index (χ1n) is 5.32. The first kappa shape index (κ1) is 11.2. The molecule has 0 spiro atoms. The second-order valence-electron chi connectivity index (χ2n) is 3.95. The Labute approximate surface area is 86.9 Å². The van der Waals surface area contributed by atoms with E-state index in [1.807, 2.05) is 13.0 Å². The van der Waals surface area contributed by atoms with Crippen molar-refractivity contribution in [3.63, 3.8) is 0 Å². The molecule has 3 nitrogen and oxygen atoms in total. The van der Waals surface area contributed by atoms with E-state index in [4.69, 9.17) is 5.41 Å². The van der Waals surface area contributed by atoms with Crippen LogP contribution < -0.4 is 0 Å². The lowest BCUT2D eigenvalue weighted by Crippen LogP contribution is -2.43. The van der Waals surface area contributed by atoms with Gasteiger partial charge in [0.25, 0.3) is 0 Å². The van der Waals surface area contributed by atoms with Gasteiger partial charge in [-0.1, -0.05) is 6.92 Å². The van der Waals surface area contributed by atoms with Crippen molar-refractivity contribution in [3.05, 3.63) is 11.8 Å². The van der Waals surface area contributed by atoms with E-state index in [9.17, 15) is 0 Å². The topological polar surface area (TPSA) is 30.3 Å². The molecule has 0 amide bonds. The third kappa shape index (κ3) is 3.14. The quantitative estimate of drug-likeness (QED) is 0.693. The third-order valence-corrected chi connectivity index (χ3v) is 2.77. The molecular weight excluding hydrogens is 174 g/mol. The fourth-order valence-electron chi connectivity index (χ4n) is 1.60. The second-order valence-corrected chi connectivity index (χ2v) is 3.95. The molecule has 1 rings (SSSR count). The van der Waals surface area contributed by atoms with E-state index in [1.54, 1.807) is 0 Å². The van der Waals surface area contributed by atoms with Crippen LogP contribution in [0.3, 0.4) is 0 Å². The predicted molar refractivity (Wildman–Crippen MR) is 60.8 cm³/mol. The van der Waals surface area contributed by atoms with E-state index in [-0.39, 0.29) is 0 Å². The molecule has 80 valence electrons. The Balaban J connectivity index is 2.48. The minimum Gasteiger partial charge on any atom is -0.372 e. The molecule has 0 aromatic carbocycles. The van der Waals surface area contributed by atoms with Gasteiger partial charge in [0.05, 0.1) is 0 Å². The molecular formula is C11H21N3. The summed E-state index contributed by atoms with van der Waals surface area (Å²) in [4.78, 5) is 4.71. The molecule has 0 atom stereocenters. The van der Waals surface area contributed by atoms with Crippen LogP contribution in [0.2, 0.25) is 0 Å². The van der Waals surface area contributed by atoms with Gasteiger partial charge in [-0.05, 0) is 26.5 Å². The van der Waals surface area contributed by atoms with Crippen LogP contribution in [-0.4, -0.2) is 48.7 Å². The predicted octanol–water partition coefficient (Wildman–Crippen LogP) is 1.57. The number of rotatable bonds is 3. The molecule has 0 saturated carbocycles. The highest BCUT2D eigenvalue weighted by Gasteiger charge is 2.13. The van der Waals surface area contributed by atoms with Crippen molar-refractivity contribution in [1.82, 2.24) is 9.80 Å². The molecule has 0 aliphatic carbocycles.